The van der Waals surface area contributed by atoms with Gasteiger partial charge in [0.25, 0.3) is 5.91 Å². The average molecular weight is 418 g/mol. The van der Waals surface area contributed by atoms with Crippen molar-refractivity contribution in [2.75, 3.05) is 33.5 Å². The Morgan fingerprint density at radius 1 is 1.17 bits per heavy atom. The standard InChI is InChI=1S/C22H31N3O5/c1-4-25(5-2)22(28)16-7-6-8-17(13-24(3)20(26)12-16)23-21(27)15-9-10-18-19(11-15)30-14-29-18/h9-11,16-17H,4-8,12-14H2,1-3H3,(H,23,27). The highest BCUT2D eigenvalue weighted by Gasteiger charge is 2.29. The molecule has 0 aromatic heterocycles. The summed E-state index contributed by atoms with van der Waals surface area (Å²) in [5, 5.41) is 3.04. The summed E-state index contributed by atoms with van der Waals surface area (Å²) in [6.07, 6.45) is 2.33. The van der Waals surface area contributed by atoms with Crippen molar-refractivity contribution in [2.24, 2.45) is 5.92 Å². The third kappa shape index (κ3) is 5.04. The molecule has 2 aliphatic rings. The zero-order valence-corrected chi connectivity index (χ0v) is 18.0. The molecule has 0 bridgehead atoms. The van der Waals surface area contributed by atoms with Gasteiger partial charge in [0.1, 0.15) is 0 Å². The van der Waals surface area contributed by atoms with E-state index in [0.717, 1.165) is 6.42 Å². The van der Waals surface area contributed by atoms with Crippen LogP contribution in [0.2, 0.25) is 0 Å². The van der Waals surface area contributed by atoms with E-state index in [1.165, 1.54) is 0 Å². The summed E-state index contributed by atoms with van der Waals surface area (Å²) in [4.78, 5) is 41.6. The number of hydrogen-bond donors (Lipinski definition) is 1. The molecule has 3 amide bonds. The van der Waals surface area contributed by atoms with Crippen LogP contribution in [-0.2, 0) is 9.59 Å². The first kappa shape index (κ1) is 21.9. The molecule has 30 heavy (non-hydrogen) atoms. The number of carbonyl (C=O) groups excluding carboxylic acids is 3. The second-order valence-corrected chi connectivity index (χ2v) is 7.86. The number of ether oxygens (including phenoxy) is 2. The zero-order chi connectivity index (χ0) is 21.7. The second-order valence-electron chi connectivity index (χ2n) is 7.86. The Labute approximate surface area is 177 Å². The van der Waals surface area contributed by atoms with Crippen LogP contribution in [0, 0.1) is 5.92 Å². The molecule has 2 unspecified atom stereocenters. The fourth-order valence-electron chi connectivity index (χ4n) is 4.03. The van der Waals surface area contributed by atoms with Gasteiger partial charge in [-0.2, -0.15) is 0 Å². The van der Waals surface area contributed by atoms with Crippen LogP contribution >= 0.6 is 0 Å². The van der Waals surface area contributed by atoms with Crippen molar-refractivity contribution in [3.63, 3.8) is 0 Å². The van der Waals surface area contributed by atoms with Gasteiger partial charge in [-0.3, -0.25) is 14.4 Å². The van der Waals surface area contributed by atoms with E-state index in [9.17, 15) is 14.4 Å². The Morgan fingerprint density at radius 2 is 1.90 bits per heavy atom. The average Bonchev–Trinajstić information content (AvgIpc) is 3.22. The lowest BCUT2D eigenvalue weighted by atomic mass is 9.95. The van der Waals surface area contributed by atoms with Crippen molar-refractivity contribution < 1.29 is 23.9 Å². The van der Waals surface area contributed by atoms with Crippen LogP contribution in [0.1, 0.15) is 49.9 Å². The highest BCUT2D eigenvalue weighted by Crippen LogP contribution is 2.32. The maximum Gasteiger partial charge on any atom is 0.251 e. The fraction of sp³-hybridized carbons (Fsp3) is 0.591. The van der Waals surface area contributed by atoms with E-state index >= 15 is 0 Å². The lowest BCUT2D eigenvalue weighted by Gasteiger charge is -2.26. The lowest BCUT2D eigenvalue weighted by molar-refractivity contribution is -0.140. The molecular formula is C22H31N3O5. The van der Waals surface area contributed by atoms with Crippen LogP contribution in [0.3, 0.4) is 0 Å². The van der Waals surface area contributed by atoms with E-state index in [1.54, 1.807) is 35.0 Å². The highest BCUT2D eigenvalue weighted by molar-refractivity contribution is 5.95. The number of likely N-dealkylation sites (N-methyl/N-ethyl adjacent to an activating group) is 1. The van der Waals surface area contributed by atoms with E-state index in [4.69, 9.17) is 9.47 Å². The number of amides is 3. The Balaban J connectivity index is 1.65. The van der Waals surface area contributed by atoms with Gasteiger partial charge in [-0.25, -0.2) is 0 Å². The van der Waals surface area contributed by atoms with Crippen LogP contribution in [0.4, 0.5) is 0 Å². The Bertz CT molecular complexity index is 793. The maximum absolute atomic E-state index is 12.8. The SMILES string of the molecule is CCN(CC)C(=O)C1CCCC(NC(=O)c2ccc3c(c2)OCO3)CN(C)C(=O)C1. The first-order valence-corrected chi connectivity index (χ1v) is 10.7. The summed E-state index contributed by atoms with van der Waals surface area (Å²) in [6, 6.07) is 4.91. The molecule has 1 saturated heterocycles. The summed E-state index contributed by atoms with van der Waals surface area (Å²) >= 11 is 0. The second kappa shape index (κ2) is 9.82. The van der Waals surface area contributed by atoms with Crippen LogP contribution in [-0.4, -0.2) is 67.0 Å². The summed E-state index contributed by atoms with van der Waals surface area (Å²) in [5.41, 5.74) is 0.489. The van der Waals surface area contributed by atoms with Gasteiger partial charge >= 0.3 is 0 Å². The fourth-order valence-corrected chi connectivity index (χ4v) is 4.03. The predicted octanol–water partition coefficient (Wildman–Crippen LogP) is 2.03. The Kier molecular flexibility index (Phi) is 7.18. The van der Waals surface area contributed by atoms with Crippen molar-refractivity contribution >= 4 is 17.7 Å². The van der Waals surface area contributed by atoms with Crippen LogP contribution in [0.25, 0.3) is 0 Å². The molecule has 0 saturated carbocycles. The molecule has 8 heteroatoms. The largest absolute Gasteiger partial charge is 0.454 e. The number of carbonyl (C=O) groups is 3. The molecule has 1 N–H and O–H groups in total. The van der Waals surface area contributed by atoms with Crippen LogP contribution < -0.4 is 14.8 Å². The number of rotatable bonds is 5. The molecule has 8 nitrogen and oxygen atoms in total. The smallest absolute Gasteiger partial charge is 0.251 e. The molecule has 2 heterocycles. The number of nitrogens with zero attached hydrogens (tertiary/aromatic N) is 2. The number of benzene rings is 1. The topological polar surface area (TPSA) is 88.2 Å². The molecule has 1 aromatic rings. The molecular weight excluding hydrogens is 386 g/mol. The zero-order valence-electron chi connectivity index (χ0n) is 18.0. The van der Waals surface area contributed by atoms with Crippen molar-refractivity contribution in [1.82, 2.24) is 15.1 Å². The monoisotopic (exact) mass is 417 g/mol. The first-order valence-electron chi connectivity index (χ1n) is 10.7. The van der Waals surface area contributed by atoms with Crippen molar-refractivity contribution in [2.45, 2.75) is 45.6 Å². The molecule has 1 aromatic carbocycles. The van der Waals surface area contributed by atoms with Gasteiger partial charge in [-0.05, 0) is 44.9 Å². The summed E-state index contributed by atoms with van der Waals surface area (Å²) in [7, 11) is 1.73. The molecule has 0 spiro atoms. The Morgan fingerprint density at radius 3 is 2.63 bits per heavy atom. The van der Waals surface area contributed by atoms with Crippen molar-refractivity contribution in [3.05, 3.63) is 23.8 Å². The minimum atomic E-state index is -0.303. The van der Waals surface area contributed by atoms with Gasteiger partial charge in [0, 0.05) is 50.6 Å². The lowest BCUT2D eigenvalue weighted by Crippen LogP contribution is -2.44. The minimum absolute atomic E-state index is 0.0459. The predicted molar refractivity (Wildman–Crippen MR) is 111 cm³/mol. The van der Waals surface area contributed by atoms with Crippen LogP contribution in [0.15, 0.2) is 18.2 Å². The van der Waals surface area contributed by atoms with Gasteiger partial charge < -0.3 is 24.6 Å². The van der Waals surface area contributed by atoms with E-state index in [1.807, 2.05) is 13.8 Å². The summed E-state index contributed by atoms with van der Waals surface area (Å²) in [6.45, 7) is 5.76. The third-order valence-corrected chi connectivity index (χ3v) is 5.84. The molecule has 2 aliphatic heterocycles. The Hall–Kier alpha value is -2.77. The van der Waals surface area contributed by atoms with Gasteiger partial charge in [0.05, 0.1) is 0 Å². The maximum atomic E-state index is 12.8. The van der Waals surface area contributed by atoms with Gasteiger partial charge in [0.2, 0.25) is 18.6 Å². The molecule has 3 rings (SSSR count). The molecule has 0 aliphatic carbocycles. The van der Waals surface area contributed by atoms with Gasteiger partial charge in [0.15, 0.2) is 11.5 Å². The third-order valence-electron chi connectivity index (χ3n) is 5.84. The quantitative estimate of drug-likeness (QED) is 0.792. The van der Waals surface area contributed by atoms with Gasteiger partial charge in [-0.15, -0.1) is 0 Å². The first-order chi connectivity index (χ1) is 14.4. The van der Waals surface area contributed by atoms with E-state index < -0.39 is 0 Å². The molecule has 1 fully saturated rings. The molecule has 0 radical (unpaired) electrons. The normalized spacial score (nSPS) is 21.4. The van der Waals surface area contributed by atoms with E-state index in [2.05, 4.69) is 5.32 Å². The number of hydrogen-bond acceptors (Lipinski definition) is 5. The van der Waals surface area contributed by atoms with Gasteiger partial charge in [-0.1, -0.05) is 6.42 Å². The van der Waals surface area contributed by atoms with E-state index in [0.29, 0.717) is 49.5 Å². The van der Waals surface area contributed by atoms with Crippen molar-refractivity contribution in [1.29, 1.82) is 0 Å². The van der Waals surface area contributed by atoms with E-state index in [-0.39, 0.29) is 42.9 Å². The summed E-state index contributed by atoms with van der Waals surface area (Å²) in [5.74, 6) is 0.650. The molecule has 164 valence electrons. The van der Waals surface area contributed by atoms with Crippen molar-refractivity contribution in [3.8, 4) is 11.5 Å². The number of fused-ring (bicyclic) bond motifs is 1. The molecule has 2 atom stereocenters. The summed E-state index contributed by atoms with van der Waals surface area (Å²) < 4.78 is 10.6. The highest BCUT2D eigenvalue weighted by atomic mass is 16.7. The van der Waals surface area contributed by atoms with Crippen LogP contribution in [0.5, 0.6) is 11.5 Å². The number of nitrogens with one attached hydrogen (secondary N) is 1. The minimum Gasteiger partial charge on any atom is -0.454 e.